The van der Waals surface area contributed by atoms with E-state index in [0.717, 1.165) is 12.3 Å². The highest BCUT2D eigenvalue weighted by atomic mass is 32.1. The van der Waals surface area contributed by atoms with Gasteiger partial charge in [-0.2, -0.15) is 17.9 Å². The third kappa shape index (κ3) is 3.25. The van der Waals surface area contributed by atoms with Crippen molar-refractivity contribution in [3.05, 3.63) is 22.8 Å². The molecule has 1 aromatic rings. The highest BCUT2D eigenvalue weighted by molar-refractivity contribution is 7.71. The van der Waals surface area contributed by atoms with E-state index in [0.29, 0.717) is 4.73 Å². The average molecular weight is 225 g/mol. The second kappa shape index (κ2) is 3.87. The lowest BCUT2D eigenvalue weighted by Gasteiger charge is -2.10. The number of pyridine rings is 1. The molecule has 0 spiro atoms. The molecule has 0 aliphatic heterocycles. The first-order valence-electron chi connectivity index (χ1n) is 3.50. The monoisotopic (exact) mass is 225 g/mol. The first-order chi connectivity index (χ1) is 6.38. The van der Waals surface area contributed by atoms with Crippen LogP contribution < -0.4 is 4.74 Å². The largest absolute Gasteiger partial charge is 0.467 e. The molecule has 7 heteroatoms. The number of aromatic nitrogens is 1. The van der Waals surface area contributed by atoms with Crippen LogP contribution in [-0.2, 0) is 0 Å². The molecule has 14 heavy (non-hydrogen) atoms. The zero-order valence-electron chi connectivity index (χ0n) is 6.78. The minimum absolute atomic E-state index is 0.285. The Hall–Kier alpha value is -1.24. The number of hydrogen-bond acceptors (Lipinski definition) is 3. The van der Waals surface area contributed by atoms with E-state index >= 15 is 0 Å². The summed E-state index contributed by atoms with van der Waals surface area (Å²) >= 11 is 4.68. The summed E-state index contributed by atoms with van der Waals surface area (Å²) in [6.45, 7) is -1.47. The molecule has 0 aliphatic rings. The molecule has 1 aromatic heterocycles. The zero-order valence-corrected chi connectivity index (χ0v) is 7.60. The molecule has 1 heterocycles. The first-order valence-corrected chi connectivity index (χ1v) is 3.91. The fourth-order valence-electron chi connectivity index (χ4n) is 0.717. The summed E-state index contributed by atoms with van der Waals surface area (Å²) in [6, 6.07) is 2.48. The normalized spacial score (nSPS) is 11.4. The fourth-order valence-corrected chi connectivity index (χ4v) is 0.879. The molecule has 0 atom stereocenters. The van der Waals surface area contributed by atoms with E-state index in [1.54, 1.807) is 0 Å². The van der Waals surface area contributed by atoms with E-state index in [9.17, 15) is 13.2 Å². The van der Waals surface area contributed by atoms with Crippen molar-refractivity contribution in [1.29, 1.82) is 0 Å². The van der Waals surface area contributed by atoms with E-state index in [1.807, 2.05) is 0 Å². The molecule has 0 saturated carbocycles. The van der Waals surface area contributed by atoms with Crippen molar-refractivity contribution in [3.63, 3.8) is 0 Å². The van der Waals surface area contributed by atoms with E-state index in [4.69, 9.17) is 5.21 Å². The van der Waals surface area contributed by atoms with Crippen molar-refractivity contribution in [2.24, 2.45) is 0 Å². The molecule has 0 unspecified atom stereocenters. The average Bonchev–Trinajstić information content (AvgIpc) is 2.05. The predicted molar refractivity (Wildman–Crippen MR) is 44.0 cm³/mol. The Morgan fingerprint density at radius 2 is 2.14 bits per heavy atom. The van der Waals surface area contributed by atoms with Crippen LogP contribution in [0.1, 0.15) is 0 Å². The summed E-state index contributed by atoms with van der Waals surface area (Å²) in [6.07, 6.45) is -3.33. The van der Waals surface area contributed by atoms with E-state index in [1.165, 1.54) is 6.07 Å². The lowest BCUT2D eigenvalue weighted by molar-refractivity contribution is -0.155. The fraction of sp³-hybridized carbons (Fsp3) is 0.286. The molecule has 0 fully saturated rings. The Labute approximate surface area is 82.3 Å². The highest BCUT2D eigenvalue weighted by Gasteiger charge is 2.28. The van der Waals surface area contributed by atoms with Crippen LogP contribution in [0.3, 0.4) is 0 Å². The SMILES string of the molecule is On1ccc(=S)cc1OCC(F)(F)F. The maximum Gasteiger partial charge on any atom is 0.422 e. The van der Waals surface area contributed by atoms with Crippen molar-refractivity contribution in [1.82, 2.24) is 4.73 Å². The zero-order chi connectivity index (χ0) is 10.8. The summed E-state index contributed by atoms with van der Waals surface area (Å²) in [7, 11) is 0. The quantitative estimate of drug-likeness (QED) is 0.620. The number of rotatable bonds is 2. The van der Waals surface area contributed by atoms with Gasteiger partial charge in [0.2, 0.25) is 5.88 Å². The van der Waals surface area contributed by atoms with Gasteiger partial charge in [-0.1, -0.05) is 12.2 Å². The Balaban J connectivity index is 2.77. The van der Waals surface area contributed by atoms with Gasteiger partial charge in [0.1, 0.15) is 0 Å². The van der Waals surface area contributed by atoms with Crippen molar-refractivity contribution in [3.8, 4) is 5.88 Å². The lowest BCUT2D eigenvalue weighted by atomic mass is 10.5. The van der Waals surface area contributed by atoms with Crippen molar-refractivity contribution >= 4 is 12.2 Å². The Bertz CT molecular complexity index is 374. The van der Waals surface area contributed by atoms with Gasteiger partial charge in [0, 0.05) is 16.8 Å². The molecule has 3 nitrogen and oxygen atoms in total. The molecule has 0 saturated heterocycles. The predicted octanol–water partition coefficient (Wildman–Crippen LogP) is 2.40. The lowest BCUT2D eigenvalue weighted by Crippen LogP contribution is -2.20. The summed E-state index contributed by atoms with van der Waals surface area (Å²) < 4.78 is 40.2. The van der Waals surface area contributed by atoms with Gasteiger partial charge in [0.15, 0.2) is 6.61 Å². The van der Waals surface area contributed by atoms with Gasteiger partial charge in [-0.3, -0.25) is 0 Å². The molecule has 1 rings (SSSR count). The van der Waals surface area contributed by atoms with Crippen molar-refractivity contribution < 1.29 is 23.1 Å². The number of nitrogens with zero attached hydrogens (tertiary/aromatic N) is 1. The van der Waals surface area contributed by atoms with Gasteiger partial charge < -0.3 is 9.94 Å². The number of halogens is 3. The van der Waals surface area contributed by atoms with Crippen LogP contribution in [0, 0.1) is 4.51 Å². The van der Waals surface area contributed by atoms with E-state index < -0.39 is 12.8 Å². The minimum atomic E-state index is -4.44. The smallest absolute Gasteiger partial charge is 0.422 e. The molecular weight excluding hydrogens is 219 g/mol. The van der Waals surface area contributed by atoms with Gasteiger partial charge >= 0.3 is 6.18 Å². The number of alkyl halides is 3. The first kappa shape index (κ1) is 10.8. The van der Waals surface area contributed by atoms with Gasteiger partial charge in [-0.15, -0.1) is 0 Å². The van der Waals surface area contributed by atoms with Gasteiger partial charge in [0.05, 0.1) is 0 Å². The van der Waals surface area contributed by atoms with Crippen LogP contribution in [0.2, 0.25) is 0 Å². The molecule has 0 amide bonds. The van der Waals surface area contributed by atoms with E-state index in [2.05, 4.69) is 17.0 Å². The van der Waals surface area contributed by atoms with Crippen LogP contribution in [0.25, 0.3) is 0 Å². The Morgan fingerprint density at radius 1 is 1.50 bits per heavy atom. The molecule has 1 N–H and O–H groups in total. The van der Waals surface area contributed by atoms with E-state index in [-0.39, 0.29) is 10.4 Å². The van der Waals surface area contributed by atoms with Gasteiger partial charge in [-0.05, 0) is 6.07 Å². The van der Waals surface area contributed by atoms with Crippen LogP contribution in [-0.4, -0.2) is 22.7 Å². The minimum Gasteiger partial charge on any atom is -0.467 e. The Morgan fingerprint density at radius 3 is 2.71 bits per heavy atom. The molecular formula is C7H6F3NO2S. The standard InChI is InChI=1S/C7H6F3NO2S/c8-7(9,10)4-13-6-3-5(14)1-2-11(6)12/h1-3,12H,4H2. The third-order valence-electron chi connectivity index (χ3n) is 1.26. The molecule has 0 bridgehead atoms. The van der Waals surface area contributed by atoms with Crippen LogP contribution in [0.4, 0.5) is 13.2 Å². The van der Waals surface area contributed by atoms with Crippen LogP contribution >= 0.6 is 12.2 Å². The molecule has 0 aliphatic carbocycles. The second-order valence-corrected chi connectivity index (χ2v) is 2.92. The number of hydrogen-bond donors (Lipinski definition) is 1. The third-order valence-corrected chi connectivity index (χ3v) is 1.51. The molecule has 0 aromatic carbocycles. The maximum absolute atomic E-state index is 11.7. The van der Waals surface area contributed by atoms with Gasteiger partial charge in [0.25, 0.3) is 0 Å². The summed E-state index contributed by atoms with van der Waals surface area (Å²) in [4.78, 5) is 0. The highest BCUT2D eigenvalue weighted by Crippen LogP contribution is 2.17. The Kier molecular flexibility index (Phi) is 3.00. The van der Waals surface area contributed by atoms with Crippen LogP contribution in [0.5, 0.6) is 5.88 Å². The summed E-state index contributed by atoms with van der Waals surface area (Å²) in [5, 5.41) is 9.01. The molecule has 0 radical (unpaired) electrons. The number of ether oxygens (including phenoxy) is 1. The molecule has 78 valence electrons. The second-order valence-electron chi connectivity index (χ2n) is 2.45. The maximum atomic E-state index is 11.7. The van der Waals surface area contributed by atoms with Crippen molar-refractivity contribution in [2.45, 2.75) is 6.18 Å². The summed E-state index contributed by atoms with van der Waals surface area (Å²) in [5.41, 5.74) is 0. The van der Waals surface area contributed by atoms with Gasteiger partial charge in [-0.25, -0.2) is 0 Å². The summed E-state index contributed by atoms with van der Waals surface area (Å²) in [5.74, 6) is -0.338. The van der Waals surface area contributed by atoms with Crippen LogP contribution in [0.15, 0.2) is 18.3 Å². The van der Waals surface area contributed by atoms with Crippen molar-refractivity contribution in [2.75, 3.05) is 6.61 Å². The topological polar surface area (TPSA) is 34.4 Å².